The molecule has 0 unspecified atom stereocenters. The summed E-state index contributed by atoms with van der Waals surface area (Å²) in [5.41, 5.74) is 0. The third-order valence-electron chi connectivity index (χ3n) is 3.19. The predicted molar refractivity (Wildman–Crippen MR) is 54.2 cm³/mol. The zero-order valence-corrected chi connectivity index (χ0v) is 15.0. The molecule has 0 bridgehead atoms. The number of alkyl halides is 12. The molecular weight excluding hydrogens is 415 g/mol. The molecule has 0 aliphatic rings. The van der Waals surface area contributed by atoms with Crippen molar-refractivity contribution >= 4 is 5.97 Å². The van der Waals surface area contributed by atoms with Crippen LogP contribution < -0.4 is 34.7 Å². The Morgan fingerprint density at radius 1 is 0.692 bits per heavy atom. The summed E-state index contributed by atoms with van der Waals surface area (Å²) < 4.78 is 157. The number of carboxylic acid groups (broad SMARTS) is 1. The minimum absolute atomic E-state index is 0. The quantitative estimate of drug-likeness (QED) is 0.405. The van der Waals surface area contributed by atoms with Gasteiger partial charge in [-0.25, -0.2) is 0 Å². The fraction of sp³-hybridized carbons (Fsp3) is 0.909. The molecule has 0 aliphatic carbocycles. The summed E-state index contributed by atoms with van der Waals surface area (Å²) in [6.45, 7) is 0.134. The summed E-state index contributed by atoms with van der Waals surface area (Å²) in [5.74, 6) is -44.3. The average molecular weight is 424 g/mol. The summed E-state index contributed by atoms with van der Waals surface area (Å²) in [4.78, 5) is 9.90. The molecule has 0 aromatic carbocycles. The molecule has 0 aromatic heterocycles. The maximum atomic E-state index is 13.2. The molecule has 15 heteroatoms. The first-order valence-electron chi connectivity index (χ1n) is 6.19. The van der Waals surface area contributed by atoms with E-state index in [1.165, 1.54) is 0 Å². The molecule has 0 saturated carbocycles. The van der Waals surface area contributed by atoms with Crippen LogP contribution in [0.4, 0.5) is 52.7 Å². The Morgan fingerprint density at radius 2 is 1.00 bits per heavy atom. The van der Waals surface area contributed by atoms with Gasteiger partial charge in [-0.2, -0.15) is 52.7 Å². The number of aliphatic carboxylic acids is 1. The van der Waals surface area contributed by atoms with E-state index in [0.717, 1.165) is 0 Å². The van der Waals surface area contributed by atoms with Crippen LogP contribution in [0, 0.1) is 0 Å². The monoisotopic (exact) mass is 424 g/mol. The first-order valence-corrected chi connectivity index (χ1v) is 6.19. The van der Waals surface area contributed by atoms with E-state index in [9.17, 15) is 62.6 Å². The van der Waals surface area contributed by atoms with Crippen molar-refractivity contribution in [2.45, 2.75) is 61.7 Å². The Labute approximate surface area is 160 Å². The Bertz CT molecular complexity index is 505. The van der Waals surface area contributed by atoms with Crippen LogP contribution in [0.15, 0.2) is 0 Å². The molecule has 0 spiro atoms. The summed E-state index contributed by atoms with van der Waals surface area (Å²) in [5, 5.41) is 9.90. The van der Waals surface area contributed by atoms with Crippen molar-refractivity contribution in [1.29, 1.82) is 0 Å². The number of halogens is 12. The number of hydrogen-bond donors (Lipinski definition) is 0. The van der Waals surface area contributed by atoms with E-state index in [2.05, 4.69) is 0 Å². The van der Waals surface area contributed by atoms with Gasteiger partial charge in [-0.05, 0) is 6.42 Å². The maximum Gasteiger partial charge on any atom is 1.00 e. The molecule has 150 valence electrons. The van der Waals surface area contributed by atoms with E-state index in [0.29, 0.717) is 0 Å². The van der Waals surface area contributed by atoms with Crippen molar-refractivity contribution in [3.63, 3.8) is 0 Å². The van der Waals surface area contributed by atoms with Gasteiger partial charge in [0.1, 0.15) is 0 Å². The molecular formula is C11H9F12NaO2. The first kappa shape index (κ1) is 27.8. The first-order chi connectivity index (χ1) is 10.7. The van der Waals surface area contributed by atoms with Crippen LogP contribution in [0.2, 0.25) is 0 Å². The van der Waals surface area contributed by atoms with Gasteiger partial charge >= 0.3 is 65.1 Å². The van der Waals surface area contributed by atoms with Gasteiger partial charge in [-0.3, -0.25) is 0 Å². The van der Waals surface area contributed by atoms with Crippen molar-refractivity contribution in [2.24, 2.45) is 0 Å². The summed E-state index contributed by atoms with van der Waals surface area (Å²) in [7, 11) is 0. The van der Waals surface area contributed by atoms with Gasteiger partial charge < -0.3 is 9.90 Å². The SMILES string of the molecule is CCC(F)(F)C(F)(F)C(F)(F)C(F)(F)C(F)(F)C(F)(F)CCC(=O)[O-].[Na+]. The minimum atomic E-state index is -7.66. The number of carbonyl (C=O) groups excluding carboxylic acids is 1. The van der Waals surface area contributed by atoms with Crippen molar-refractivity contribution in [1.82, 2.24) is 0 Å². The number of carboxylic acids is 1. The van der Waals surface area contributed by atoms with Gasteiger partial charge in [-0.1, -0.05) is 6.92 Å². The Kier molecular flexibility index (Phi) is 8.50. The maximum absolute atomic E-state index is 13.2. The molecule has 0 atom stereocenters. The summed E-state index contributed by atoms with van der Waals surface area (Å²) in [6, 6.07) is 0. The summed E-state index contributed by atoms with van der Waals surface area (Å²) >= 11 is 0. The molecule has 2 nitrogen and oxygen atoms in total. The largest absolute Gasteiger partial charge is 1.00 e. The van der Waals surface area contributed by atoms with E-state index in [-0.39, 0.29) is 36.5 Å². The molecule has 0 heterocycles. The molecule has 0 fully saturated rings. The zero-order chi connectivity index (χ0) is 20.7. The topological polar surface area (TPSA) is 40.1 Å². The number of rotatable bonds is 9. The van der Waals surface area contributed by atoms with Crippen LogP contribution in [0.3, 0.4) is 0 Å². The van der Waals surface area contributed by atoms with E-state index in [1.807, 2.05) is 0 Å². The third-order valence-corrected chi connectivity index (χ3v) is 3.19. The van der Waals surface area contributed by atoms with Gasteiger partial charge in [-0.15, -0.1) is 0 Å². The van der Waals surface area contributed by atoms with Gasteiger partial charge in [0.25, 0.3) is 0 Å². The van der Waals surface area contributed by atoms with E-state index in [4.69, 9.17) is 0 Å². The van der Waals surface area contributed by atoms with Crippen molar-refractivity contribution < 1.29 is 92.1 Å². The Hall–Kier alpha value is -0.370. The van der Waals surface area contributed by atoms with Crippen LogP contribution in [-0.4, -0.2) is 41.5 Å². The van der Waals surface area contributed by atoms with E-state index in [1.54, 1.807) is 0 Å². The van der Waals surface area contributed by atoms with Gasteiger partial charge in [0.15, 0.2) is 0 Å². The van der Waals surface area contributed by atoms with Crippen molar-refractivity contribution in [3.8, 4) is 0 Å². The molecule has 0 saturated heterocycles. The molecule has 0 aliphatic heterocycles. The number of carbonyl (C=O) groups is 1. The van der Waals surface area contributed by atoms with E-state index < -0.39 is 60.8 Å². The van der Waals surface area contributed by atoms with Crippen LogP contribution in [0.25, 0.3) is 0 Å². The zero-order valence-electron chi connectivity index (χ0n) is 13.0. The fourth-order valence-corrected chi connectivity index (χ4v) is 1.49. The van der Waals surface area contributed by atoms with Gasteiger partial charge in [0, 0.05) is 18.8 Å². The van der Waals surface area contributed by atoms with E-state index >= 15 is 0 Å². The van der Waals surface area contributed by atoms with Crippen LogP contribution in [0.1, 0.15) is 26.2 Å². The normalized spacial score (nSPS) is 14.8. The van der Waals surface area contributed by atoms with Crippen molar-refractivity contribution in [3.05, 3.63) is 0 Å². The third kappa shape index (κ3) is 4.21. The number of hydrogen-bond acceptors (Lipinski definition) is 2. The van der Waals surface area contributed by atoms with Gasteiger partial charge in [0.2, 0.25) is 0 Å². The van der Waals surface area contributed by atoms with Crippen LogP contribution >= 0.6 is 0 Å². The second kappa shape index (κ2) is 7.94. The molecule has 0 rings (SSSR count). The molecule has 0 N–H and O–H groups in total. The average Bonchev–Trinajstić information content (AvgIpc) is 2.44. The predicted octanol–water partition coefficient (Wildman–Crippen LogP) is 0.742. The second-order valence-electron chi connectivity index (χ2n) is 4.93. The Balaban J connectivity index is 0. The standard InChI is InChI=1S/C11H10F12O2.Na/c1-2-6(12,13)8(16,17)10(20,21)11(22,23)9(18,19)7(14,15)4-3-5(24)25;/h2-4H2,1H3,(H,24,25);/q;+1/p-1. The molecule has 0 aromatic rings. The smallest absolute Gasteiger partial charge is 0.550 e. The molecule has 0 radical (unpaired) electrons. The fourth-order valence-electron chi connectivity index (χ4n) is 1.49. The van der Waals surface area contributed by atoms with Crippen molar-refractivity contribution in [2.75, 3.05) is 0 Å². The molecule has 0 amide bonds. The minimum Gasteiger partial charge on any atom is -0.550 e. The summed E-state index contributed by atoms with van der Waals surface area (Å²) in [6.07, 6.45) is -6.91. The van der Waals surface area contributed by atoms with Crippen LogP contribution in [-0.2, 0) is 4.79 Å². The Morgan fingerprint density at radius 3 is 1.27 bits per heavy atom. The second-order valence-corrected chi connectivity index (χ2v) is 4.93. The van der Waals surface area contributed by atoms with Gasteiger partial charge in [0.05, 0.1) is 0 Å². The van der Waals surface area contributed by atoms with Crippen LogP contribution in [0.5, 0.6) is 0 Å². The molecule has 26 heavy (non-hydrogen) atoms.